The molecular formula is C19H17N3O5. The van der Waals surface area contributed by atoms with Gasteiger partial charge in [0.05, 0.1) is 12.5 Å². The van der Waals surface area contributed by atoms with E-state index in [-0.39, 0.29) is 16.5 Å². The van der Waals surface area contributed by atoms with Gasteiger partial charge in [0, 0.05) is 11.1 Å². The Hall–Kier alpha value is -3.68. The predicted molar refractivity (Wildman–Crippen MR) is 99.3 cm³/mol. The zero-order valence-corrected chi connectivity index (χ0v) is 14.7. The van der Waals surface area contributed by atoms with Crippen LogP contribution in [-0.4, -0.2) is 33.9 Å². The van der Waals surface area contributed by atoms with E-state index in [2.05, 4.69) is 10.4 Å². The zero-order valence-electron chi connectivity index (χ0n) is 14.7. The lowest BCUT2D eigenvalue weighted by molar-refractivity contribution is -0.119. The van der Waals surface area contributed by atoms with Crippen LogP contribution < -0.4 is 15.6 Å². The molecule has 1 atom stereocenters. The molecule has 138 valence electrons. The number of amides is 1. The SMILES string of the molecule is COc1ccc(NC(=O)[C@@H](C)n2nc(C(=O)O)c3ccccc3c2=O)cc1. The van der Waals surface area contributed by atoms with Crippen LogP contribution in [0.5, 0.6) is 5.75 Å². The van der Waals surface area contributed by atoms with Gasteiger partial charge in [-0.15, -0.1) is 0 Å². The standard InChI is InChI=1S/C19H17N3O5/c1-11(17(23)20-12-7-9-13(27-2)10-8-12)22-18(24)15-6-4-3-5-14(15)16(21-22)19(25)26/h3-11H,1-2H3,(H,20,23)(H,25,26)/t11-/m1/s1. The molecule has 2 aromatic carbocycles. The van der Waals surface area contributed by atoms with Gasteiger partial charge >= 0.3 is 5.97 Å². The van der Waals surface area contributed by atoms with Crippen LogP contribution in [-0.2, 0) is 4.79 Å². The van der Waals surface area contributed by atoms with Gasteiger partial charge in [0.2, 0.25) is 5.91 Å². The largest absolute Gasteiger partial charge is 0.497 e. The van der Waals surface area contributed by atoms with Crippen LogP contribution in [0.3, 0.4) is 0 Å². The van der Waals surface area contributed by atoms with Gasteiger partial charge in [-0.3, -0.25) is 9.59 Å². The summed E-state index contributed by atoms with van der Waals surface area (Å²) in [7, 11) is 1.54. The first-order chi connectivity index (χ1) is 12.9. The van der Waals surface area contributed by atoms with Crippen molar-refractivity contribution in [3.63, 3.8) is 0 Å². The molecule has 1 aromatic heterocycles. The minimum Gasteiger partial charge on any atom is -0.497 e. The second-order valence-electron chi connectivity index (χ2n) is 5.84. The van der Waals surface area contributed by atoms with E-state index in [1.807, 2.05) is 0 Å². The first kappa shape index (κ1) is 18.1. The summed E-state index contributed by atoms with van der Waals surface area (Å²) in [4.78, 5) is 36.8. The summed E-state index contributed by atoms with van der Waals surface area (Å²) in [5.74, 6) is -1.14. The number of rotatable bonds is 5. The van der Waals surface area contributed by atoms with Gasteiger partial charge in [0.15, 0.2) is 5.69 Å². The van der Waals surface area contributed by atoms with Crippen molar-refractivity contribution in [2.45, 2.75) is 13.0 Å². The molecule has 27 heavy (non-hydrogen) atoms. The highest BCUT2D eigenvalue weighted by Gasteiger charge is 2.22. The molecule has 8 heteroatoms. The van der Waals surface area contributed by atoms with Gasteiger partial charge in [-0.05, 0) is 37.3 Å². The molecule has 1 amide bonds. The number of ether oxygens (including phenoxy) is 1. The minimum absolute atomic E-state index is 0.189. The van der Waals surface area contributed by atoms with Gasteiger partial charge in [-0.25, -0.2) is 9.48 Å². The molecule has 0 aliphatic carbocycles. The van der Waals surface area contributed by atoms with Crippen molar-refractivity contribution < 1.29 is 19.4 Å². The van der Waals surface area contributed by atoms with Gasteiger partial charge in [-0.2, -0.15) is 5.10 Å². The van der Waals surface area contributed by atoms with Crippen molar-refractivity contribution in [2.75, 3.05) is 12.4 Å². The van der Waals surface area contributed by atoms with Crippen molar-refractivity contribution >= 4 is 28.3 Å². The fourth-order valence-electron chi connectivity index (χ4n) is 2.66. The Morgan fingerprint density at radius 3 is 2.33 bits per heavy atom. The fourth-order valence-corrected chi connectivity index (χ4v) is 2.66. The number of carboxylic acid groups (broad SMARTS) is 1. The van der Waals surface area contributed by atoms with Crippen LogP contribution in [0.1, 0.15) is 23.5 Å². The highest BCUT2D eigenvalue weighted by molar-refractivity contribution is 6.01. The Labute approximate surface area is 154 Å². The van der Waals surface area contributed by atoms with E-state index < -0.39 is 23.5 Å². The van der Waals surface area contributed by atoms with Crippen LogP contribution >= 0.6 is 0 Å². The quantitative estimate of drug-likeness (QED) is 0.716. The maximum Gasteiger partial charge on any atom is 0.357 e. The average Bonchev–Trinajstić information content (AvgIpc) is 2.68. The number of fused-ring (bicyclic) bond motifs is 1. The number of methoxy groups -OCH3 is 1. The van der Waals surface area contributed by atoms with E-state index in [1.165, 1.54) is 26.2 Å². The maximum absolute atomic E-state index is 12.7. The summed E-state index contributed by atoms with van der Waals surface area (Å²) in [6, 6.07) is 11.9. The number of nitrogens with zero attached hydrogens (tertiary/aromatic N) is 2. The molecule has 0 saturated heterocycles. The van der Waals surface area contributed by atoms with E-state index in [9.17, 15) is 19.5 Å². The predicted octanol–water partition coefficient (Wildman–Crippen LogP) is 2.30. The van der Waals surface area contributed by atoms with Crippen LogP contribution in [0.2, 0.25) is 0 Å². The number of anilines is 1. The Morgan fingerprint density at radius 1 is 1.11 bits per heavy atom. The van der Waals surface area contributed by atoms with Gasteiger partial charge in [0.1, 0.15) is 11.8 Å². The molecule has 0 fully saturated rings. The Bertz CT molecular complexity index is 1070. The summed E-state index contributed by atoms with van der Waals surface area (Å²) < 4.78 is 5.95. The normalized spacial score (nSPS) is 11.8. The number of aromatic nitrogens is 2. The summed E-state index contributed by atoms with van der Waals surface area (Å²) in [5.41, 5.74) is -0.303. The van der Waals surface area contributed by atoms with Crippen molar-refractivity contribution in [3.05, 3.63) is 64.6 Å². The van der Waals surface area contributed by atoms with Crippen LogP contribution in [0.15, 0.2) is 53.3 Å². The molecule has 3 aromatic rings. The monoisotopic (exact) mass is 367 g/mol. The smallest absolute Gasteiger partial charge is 0.357 e. The summed E-state index contributed by atoms with van der Waals surface area (Å²) in [5, 5.41) is 16.4. The number of benzene rings is 2. The molecule has 0 aliphatic heterocycles. The highest BCUT2D eigenvalue weighted by Crippen LogP contribution is 2.18. The molecule has 0 radical (unpaired) electrons. The zero-order chi connectivity index (χ0) is 19.6. The maximum atomic E-state index is 12.7. The molecular weight excluding hydrogens is 350 g/mol. The lowest BCUT2D eigenvalue weighted by Crippen LogP contribution is -2.34. The average molecular weight is 367 g/mol. The minimum atomic E-state index is -1.28. The van der Waals surface area contributed by atoms with Gasteiger partial charge in [-0.1, -0.05) is 18.2 Å². The number of carbonyl (C=O) groups is 2. The number of hydrogen-bond donors (Lipinski definition) is 2. The topological polar surface area (TPSA) is 111 Å². The molecule has 0 bridgehead atoms. The number of aromatic carboxylic acids is 1. The third-order valence-corrected chi connectivity index (χ3v) is 4.13. The summed E-state index contributed by atoms with van der Waals surface area (Å²) in [6.45, 7) is 1.48. The number of nitrogens with one attached hydrogen (secondary N) is 1. The van der Waals surface area contributed by atoms with Crippen LogP contribution in [0.25, 0.3) is 10.8 Å². The second kappa shape index (κ2) is 7.28. The van der Waals surface area contributed by atoms with E-state index in [1.54, 1.807) is 36.4 Å². The molecule has 1 heterocycles. The first-order valence-electron chi connectivity index (χ1n) is 8.12. The number of carboxylic acids is 1. The highest BCUT2D eigenvalue weighted by atomic mass is 16.5. The molecule has 2 N–H and O–H groups in total. The van der Waals surface area contributed by atoms with Crippen LogP contribution in [0.4, 0.5) is 5.69 Å². The van der Waals surface area contributed by atoms with Crippen molar-refractivity contribution in [2.24, 2.45) is 0 Å². The molecule has 3 rings (SSSR count). The first-order valence-corrected chi connectivity index (χ1v) is 8.12. The number of hydrogen-bond acceptors (Lipinski definition) is 5. The van der Waals surface area contributed by atoms with Crippen molar-refractivity contribution in [1.29, 1.82) is 0 Å². The summed E-state index contributed by atoms with van der Waals surface area (Å²) >= 11 is 0. The van der Waals surface area contributed by atoms with E-state index in [4.69, 9.17) is 4.74 Å². The third kappa shape index (κ3) is 3.50. The Kier molecular flexibility index (Phi) is 4.89. The van der Waals surface area contributed by atoms with Crippen molar-refractivity contribution in [1.82, 2.24) is 9.78 Å². The second-order valence-corrected chi connectivity index (χ2v) is 5.84. The lowest BCUT2D eigenvalue weighted by atomic mass is 10.1. The molecule has 0 saturated carbocycles. The molecule has 0 spiro atoms. The molecule has 8 nitrogen and oxygen atoms in total. The van der Waals surface area contributed by atoms with Gasteiger partial charge in [0.25, 0.3) is 5.56 Å². The van der Waals surface area contributed by atoms with E-state index in [0.717, 1.165) is 4.68 Å². The van der Waals surface area contributed by atoms with Crippen molar-refractivity contribution in [3.8, 4) is 5.75 Å². The third-order valence-electron chi connectivity index (χ3n) is 4.13. The molecule has 0 unspecified atom stereocenters. The van der Waals surface area contributed by atoms with Gasteiger partial charge < -0.3 is 15.2 Å². The lowest BCUT2D eigenvalue weighted by Gasteiger charge is -2.16. The molecule has 0 aliphatic rings. The Balaban J connectivity index is 1.98. The summed E-state index contributed by atoms with van der Waals surface area (Å²) in [6.07, 6.45) is 0. The number of carbonyl (C=O) groups excluding carboxylic acids is 1. The fraction of sp³-hybridized carbons (Fsp3) is 0.158. The Morgan fingerprint density at radius 2 is 1.74 bits per heavy atom. The van der Waals surface area contributed by atoms with E-state index >= 15 is 0 Å². The van der Waals surface area contributed by atoms with E-state index in [0.29, 0.717) is 11.4 Å². The van der Waals surface area contributed by atoms with Crippen LogP contribution in [0, 0.1) is 0 Å².